The van der Waals surface area contributed by atoms with E-state index in [0.717, 1.165) is 58.1 Å². The summed E-state index contributed by atoms with van der Waals surface area (Å²) in [5.74, 6) is 0.118. The van der Waals surface area contributed by atoms with Gasteiger partial charge in [0.05, 0.1) is 5.56 Å². The van der Waals surface area contributed by atoms with E-state index >= 15 is 0 Å². The number of carbonyl (C=O) groups excluding carboxylic acids is 3. The van der Waals surface area contributed by atoms with Crippen LogP contribution >= 0.6 is 15.9 Å². The molecule has 1 N–H and O–H groups in total. The molecule has 210 valence electrons. The number of nitrogens with zero attached hydrogens (tertiary/aromatic N) is 2. The molecule has 6 rings (SSSR count). The Kier molecular flexibility index (Phi) is 6.50. The predicted octanol–water partition coefficient (Wildman–Crippen LogP) is 6.31. The Hall–Kier alpha value is -2.97. The van der Waals surface area contributed by atoms with Gasteiger partial charge in [0.25, 0.3) is 0 Å². The van der Waals surface area contributed by atoms with E-state index in [-0.39, 0.29) is 23.6 Å². The SMILES string of the molecule is CC(C)(C)OC(=O)N1CC(N2CCC(C(=O)c3ccc4c(c3)C(C)(C)c3[nH]c5cc(Br)ccc5c3C4=O)CC2)C1. The number of rotatable bonds is 3. The van der Waals surface area contributed by atoms with Gasteiger partial charge in [-0.05, 0) is 70.5 Å². The second kappa shape index (κ2) is 9.55. The number of likely N-dealkylation sites (tertiary alicyclic amines) is 2. The lowest BCUT2D eigenvalue weighted by atomic mass is 9.70. The van der Waals surface area contributed by atoms with Crippen LogP contribution in [0.4, 0.5) is 4.79 Å². The quantitative estimate of drug-likeness (QED) is 0.353. The molecule has 3 heterocycles. The largest absolute Gasteiger partial charge is 0.444 e. The predicted molar refractivity (Wildman–Crippen MR) is 158 cm³/mol. The van der Waals surface area contributed by atoms with E-state index in [9.17, 15) is 14.4 Å². The Labute approximate surface area is 243 Å². The summed E-state index contributed by atoms with van der Waals surface area (Å²) in [7, 11) is 0. The monoisotopic (exact) mass is 605 g/mol. The molecule has 3 aliphatic rings. The fourth-order valence-electron chi connectivity index (χ4n) is 6.48. The lowest BCUT2D eigenvalue weighted by Gasteiger charge is -2.47. The number of carbonyl (C=O) groups is 3. The summed E-state index contributed by atoms with van der Waals surface area (Å²) in [5, 5.41) is 0.925. The Morgan fingerprint density at radius 1 is 1.05 bits per heavy atom. The van der Waals surface area contributed by atoms with E-state index < -0.39 is 11.0 Å². The number of nitrogens with one attached hydrogen (secondary N) is 1. The van der Waals surface area contributed by atoms with E-state index in [1.165, 1.54) is 0 Å². The summed E-state index contributed by atoms with van der Waals surface area (Å²) in [6.45, 7) is 12.9. The molecular weight excluding hydrogens is 570 g/mol. The van der Waals surface area contributed by atoms with Gasteiger partial charge in [-0.15, -0.1) is 0 Å². The number of aromatic nitrogens is 1. The number of piperidine rings is 1. The maximum Gasteiger partial charge on any atom is 0.410 e. The molecule has 2 saturated heterocycles. The Morgan fingerprint density at radius 3 is 2.42 bits per heavy atom. The first-order valence-electron chi connectivity index (χ1n) is 14.1. The van der Waals surface area contributed by atoms with Crippen molar-refractivity contribution in [3.05, 3.63) is 68.8 Å². The van der Waals surface area contributed by atoms with Crippen LogP contribution in [0.5, 0.6) is 0 Å². The number of Topliss-reactive ketones (excluding diaryl/α,β-unsaturated/α-hetero) is 1. The third-order valence-corrected chi connectivity index (χ3v) is 9.26. The minimum Gasteiger partial charge on any atom is -0.444 e. The maximum absolute atomic E-state index is 13.7. The molecule has 0 saturated carbocycles. The number of H-pyrrole nitrogens is 1. The zero-order chi connectivity index (χ0) is 28.6. The highest BCUT2D eigenvalue weighted by atomic mass is 79.9. The van der Waals surface area contributed by atoms with E-state index in [2.05, 4.69) is 39.7 Å². The van der Waals surface area contributed by atoms with E-state index in [4.69, 9.17) is 4.74 Å². The average molecular weight is 607 g/mol. The van der Waals surface area contributed by atoms with Crippen molar-refractivity contribution in [2.24, 2.45) is 5.92 Å². The summed E-state index contributed by atoms with van der Waals surface area (Å²) < 4.78 is 6.43. The molecule has 2 aliphatic heterocycles. The molecule has 2 aromatic carbocycles. The van der Waals surface area contributed by atoms with Gasteiger partial charge >= 0.3 is 6.09 Å². The first-order valence-corrected chi connectivity index (χ1v) is 14.9. The molecule has 0 spiro atoms. The van der Waals surface area contributed by atoms with Gasteiger partial charge in [0.2, 0.25) is 0 Å². The van der Waals surface area contributed by atoms with Gasteiger partial charge < -0.3 is 14.6 Å². The molecule has 0 unspecified atom stereocenters. The first-order chi connectivity index (χ1) is 18.8. The van der Waals surface area contributed by atoms with Gasteiger partial charge in [0.1, 0.15) is 5.60 Å². The van der Waals surface area contributed by atoms with Crippen LogP contribution in [0.2, 0.25) is 0 Å². The first kappa shape index (κ1) is 27.2. The third kappa shape index (κ3) is 4.59. The highest BCUT2D eigenvalue weighted by Crippen LogP contribution is 2.44. The lowest BCUT2D eigenvalue weighted by Crippen LogP contribution is -2.62. The van der Waals surface area contributed by atoms with Crippen LogP contribution in [-0.2, 0) is 10.2 Å². The van der Waals surface area contributed by atoms with Crippen molar-refractivity contribution in [1.29, 1.82) is 0 Å². The molecule has 3 aromatic rings. The summed E-state index contributed by atoms with van der Waals surface area (Å²) >= 11 is 3.53. The third-order valence-electron chi connectivity index (χ3n) is 8.77. The number of ketones is 2. The molecule has 2 fully saturated rings. The molecule has 8 heteroatoms. The van der Waals surface area contributed by atoms with Crippen LogP contribution in [0.25, 0.3) is 10.9 Å². The molecule has 40 heavy (non-hydrogen) atoms. The smallest absolute Gasteiger partial charge is 0.410 e. The molecule has 1 aromatic heterocycles. The van der Waals surface area contributed by atoms with Gasteiger partial charge in [-0.3, -0.25) is 14.5 Å². The topological polar surface area (TPSA) is 82.7 Å². The van der Waals surface area contributed by atoms with E-state index in [1.54, 1.807) is 4.90 Å². The van der Waals surface area contributed by atoms with Crippen molar-refractivity contribution in [2.45, 2.75) is 64.5 Å². The van der Waals surface area contributed by atoms with Crippen LogP contribution in [0, 0.1) is 5.92 Å². The minimum absolute atomic E-state index is 0.00567. The molecule has 0 radical (unpaired) electrons. The van der Waals surface area contributed by atoms with Crippen LogP contribution < -0.4 is 0 Å². The van der Waals surface area contributed by atoms with Crippen molar-refractivity contribution in [3.8, 4) is 0 Å². The van der Waals surface area contributed by atoms with Gasteiger partial charge in [-0.25, -0.2) is 4.79 Å². The number of hydrogen-bond donors (Lipinski definition) is 1. The zero-order valence-electron chi connectivity index (χ0n) is 23.8. The van der Waals surface area contributed by atoms with Crippen LogP contribution in [0.15, 0.2) is 40.9 Å². The fraction of sp³-hybridized carbons (Fsp3) is 0.469. The number of ether oxygens (including phenoxy) is 1. The van der Waals surface area contributed by atoms with Crippen molar-refractivity contribution >= 4 is 44.5 Å². The second-order valence-electron chi connectivity index (χ2n) is 13.0. The molecule has 1 aliphatic carbocycles. The summed E-state index contributed by atoms with van der Waals surface area (Å²) in [6, 6.07) is 11.9. The Bertz CT molecular complexity index is 1540. The van der Waals surface area contributed by atoms with Crippen LogP contribution in [0.3, 0.4) is 0 Å². The maximum atomic E-state index is 13.7. The standard InChI is InChI=1S/C32H36BrN3O4/c1-31(2,3)40-30(39)36-16-21(17-36)35-12-10-18(11-13-35)27(37)19-6-8-22-24(14-19)32(4,5)29-26(28(22)38)23-9-7-20(33)15-25(23)34-29/h6-9,14-15,18,21,34H,10-13,16-17H2,1-5H3. The summed E-state index contributed by atoms with van der Waals surface area (Å²) in [6.07, 6.45) is 1.33. The van der Waals surface area contributed by atoms with Crippen LogP contribution in [0.1, 0.15) is 85.0 Å². The minimum atomic E-state index is -0.491. The fourth-order valence-corrected chi connectivity index (χ4v) is 6.84. The second-order valence-corrected chi connectivity index (χ2v) is 13.9. The number of benzene rings is 2. The Balaban J connectivity index is 1.14. The van der Waals surface area contributed by atoms with Crippen molar-refractivity contribution in [3.63, 3.8) is 0 Å². The number of halogens is 1. The number of amides is 1. The zero-order valence-corrected chi connectivity index (χ0v) is 25.4. The molecule has 0 atom stereocenters. The van der Waals surface area contributed by atoms with Gasteiger partial charge in [0, 0.05) is 62.7 Å². The van der Waals surface area contributed by atoms with Crippen LogP contribution in [-0.4, -0.2) is 70.3 Å². The van der Waals surface area contributed by atoms with Gasteiger partial charge in [0.15, 0.2) is 11.6 Å². The van der Waals surface area contributed by atoms with E-state index in [0.29, 0.717) is 30.3 Å². The average Bonchev–Trinajstić information content (AvgIpc) is 3.25. The number of hydrogen-bond acceptors (Lipinski definition) is 5. The van der Waals surface area contributed by atoms with Gasteiger partial charge in [-0.2, -0.15) is 0 Å². The number of fused-ring (bicyclic) bond motifs is 4. The highest BCUT2D eigenvalue weighted by molar-refractivity contribution is 9.10. The highest BCUT2D eigenvalue weighted by Gasteiger charge is 2.41. The molecule has 1 amide bonds. The molecule has 0 bridgehead atoms. The van der Waals surface area contributed by atoms with E-state index in [1.807, 2.05) is 57.2 Å². The van der Waals surface area contributed by atoms with Gasteiger partial charge in [-0.1, -0.05) is 48.0 Å². The van der Waals surface area contributed by atoms with Crippen molar-refractivity contribution < 1.29 is 19.1 Å². The normalized spacial score (nSPS) is 19.8. The molecular formula is C32H36BrN3O4. The van der Waals surface area contributed by atoms with Crippen molar-refractivity contribution in [1.82, 2.24) is 14.8 Å². The van der Waals surface area contributed by atoms with Crippen molar-refractivity contribution in [2.75, 3.05) is 26.2 Å². The summed E-state index contributed by atoms with van der Waals surface area (Å²) in [4.78, 5) is 47.2. The molecule has 7 nitrogen and oxygen atoms in total. The lowest BCUT2D eigenvalue weighted by molar-refractivity contribution is -0.0208. The number of aromatic amines is 1. The Morgan fingerprint density at radius 2 is 1.75 bits per heavy atom. The summed E-state index contributed by atoms with van der Waals surface area (Å²) in [5.41, 5.74) is 3.87.